The highest BCUT2D eigenvalue weighted by Crippen LogP contribution is 2.26. The Morgan fingerprint density at radius 1 is 1.08 bits per heavy atom. The van der Waals surface area contributed by atoms with E-state index in [9.17, 15) is 9.59 Å². The minimum absolute atomic E-state index is 0.195. The molecule has 1 heterocycles. The van der Waals surface area contributed by atoms with Gasteiger partial charge in [-0.2, -0.15) is 5.10 Å². The van der Waals surface area contributed by atoms with Crippen LogP contribution in [0, 0.1) is 6.92 Å². The van der Waals surface area contributed by atoms with Crippen molar-refractivity contribution in [2.24, 2.45) is 0 Å². The predicted octanol–water partition coefficient (Wildman–Crippen LogP) is 2.75. The molecule has 3 rings (SSSR count). The van der Waals surface area contributed by atoms with Gasteiger partial charge in [0.1, 0.15) is 12.2 Å². The van der Waals surface area contributed by atoms with Crippen LogP contribution in [0.25, 0.3) is 16.9 Å². The van der Waals surface area contributed by atoms with Crippen molar-refractivity contribution in [3.05, 3.63) is 71.9 Å². The summed E-state index contributed by atoms with van der Waals surface area (Å²) in [4.78, 5) is 24.0. The first kappa shape index (κ1) is 17.4. The van der Waals surface area contributed by atoms with E-state index in [-0.39, 0.29) is 12.5 Å². The third kappa shape index (κ3) is 3.64. The number of para-hydroxylation sites is 1. The zero-order chi connectivity index (χ0) is 18.5. The maximum atomic E-state index is 12.6. The Bertz CT molecular complexity index is 932. The van der Waals surface area contributed by atoms with Gasteiger partial charge in [0, 0.05) is 11.8 Å². The van der Waals surface area contributed by atoms with Crippen molar-refractivity contribution in [3.8, 4) is 16.9 Å². The highest BCUT2D eigenvalue weighted by molar-refractivity contribution is 6.01. The molecule has 0 atom stereocenters. The number of hydrogen-bond acceptors (Lipinski definition) is 4. The Balaban J connectivity index is 2.03. The monoisotopic (exact) mass is 349 g/mol. The third-order valence-corrected chi connectivity index (χ3v) is 4.00. The molecule has 132 valence electrons. The fraction of sp³-hybridized carbons (Fsp3) is 0.150. The van der Waals surface area contributed by atoms with Gasteiger partial charge in [-0.05, 0) is 24.6 Å². The molecule has 0 fully saturated rings. The van der Waals surface area contributed by atoms with E-state index in [2.05, 4.69) is 15.2 Å². The molecule has 2 aromatic carbocycles. The van der Waals surface area contributed by atoms with Crippen LogP contribution in [0.5, 0.6) is 0 Å². The third-order valence-electron chi connectivity index (χ3n) is 4.00. The summed E-state index contributed by atoms with van der Waals surface area (Å²) in [5.74, 6) is -0.887. The molecule has 0 bridgehead atoms. The molecular formula is C20H19N3O3. The van der Waals surface area contributed by atoms with Gasteiger partial charge >= 0.3 is 5.97 Å². The number of carbonyl (C=O) groups excluding carboxylic acids is 2. The molecule has 0 saturated heterocycles. The summed E-state index contributed by atoms with van der Waals surface area (Å²) in [6.07, 6.45) is 1.67. The fourth-order valence-electron chi connectivity index (χ4n) is 2.61. The van der Waals surface area contributed by atoms with Crippen LogP contribution in [-0.2, 0) is 9.53 Å². The van der Waals surface area contributed by atoms with Crippen molar-refractivity contribution in [1.29, 1.82) is 0 Å². The highest BCUT2D eigenvalue weighted by atomic mass is 16.5. The molecule has 6 heteroatoms. The van der Waals surface area contributed by atoms with Crippen LogP contribution in [0.1, 0.15) is 15.9 Å². The lowest BCUT2D eigenvalue weighted by atomic mass is 10.0. The number of benzene rings is 2. The lowest BCUT2D eigenvalue weighted by Crippen LogP contribution is -2.30. The Labute approximate surface area is 151 Å². The topological polar surface area (TPSA) is 73.2 Å². The minimum Gasteiger partial charge on any atom is -0.468 e. The van der Waals surface area contributed by atoms with E-state index in [0.717, 1.165) is 16.8 Å². The van der Waals surface area contributed by atoms with Gasteiger partial charge in [-0.1, -0.05) is 42.5 Å². The van der Waals surface area contributed by atoms with Gasteiger partial charge in [-0.3, -0.25) is 9.59 Å². The quantitative estimate of drug-likeness (QED) is 0.719. The molecule has 3 aromatic rings. The molecule has 0 unspecified atom stereocenters. The average molecular weight is 349 g/mol. The van der Waals surface area contributed by atoms with Crippen LogP contribution in [0.15, 0.2) is 60.8 Å². The Morgan fingerprint density at radius 2 is 1.77 bits per heavy atom. The molecule has 0 spiro atoms. The highest BCUT2D eigenvalue weighted by Gasteiger charge is 2.20. The lowest BCUT2D eigenvalue weighted by molar-refractivity contribution is -0.139. The Hall–Kier alpha value is -3.41. The summed E-state index contributed by atoms with van der Waals surface area (Å²) >= 11 is 0. The van der Waals surface area contributed by atoms with E-state index in [1.165, 1.54) is 7.11 Å². The van der Waals surface area contributed by atoms with Crippen molar-refractivity contribution >= 4 is 11.9 Å². The summed E-state index contributed by atoms with van der Waals surface area (Å²) in [6, 6.07) is 17.3. The second-order valence-electron chi connectivity index (χ2n) is 5.75. The standard InChI is InChI=1S/C20H19N3O3/c1-14-8-6-7-11-16(14)19-17(20(25)21-12-18(24)26-2)13-23(22-19)15-9-4-3-5-10-15/h3-11,13H,12H2,1-2H3,(H,21,25). The van der Waals surface area contributed by atoms with Gasteiger partial charge < -0.3 is 10.1 Å². The summed E-state index contributed by atoms with van der Waals surface area (Å²) in [6.45, 7) is 1.77. The van der Waals surface area contributed by atoms with Crippen molar-refractivity contribution < 1.29 is 14.3 Å². The summed E-state index contributed by atoms with van der Waals surface area (Å²) in [5, 5.41) is 7.20. The van der Waals surface area contributed by atoms with E-state index in [4.69, 9.17) is 0 Å². The molecule has 0 aliphatic heterocycles. The summed E-state index contributed by atoms with van der Waals surface area (Å²) in [5.41, 5.74) is 3.67. The van der Waals surface area contributed by atoms with Crippen molar-refractivity contribution in [2.75, 3.05) is 13.7 Å². The Kier molecular flexibility index (Phi) is 5.12. The van der Waals surface area contributed by atoms with E-state index in [1.807, 2.05) is 61.5 Å². The second-order valence-corrected chi connectivity index (χ2v) is 5.75. The van der Waals surface area contributed by atoms with Gasteiger partial charge in [-0.25, -0.2) is 4.68 Å². The van der Waals surface area contributed by atoms with Crippen molar-refractivity contribution in [3.63, 3.8) is 0 Å². The van der Waals surface area contributed by atoms with E-state index < -0.39 is 5.97 Å². The molecule has 6 nitrogen and oxygen atoms in total. The largest absolute Gasteiger partial charge is 0.468 e. The molecular weight excluding hydrogens is 330 g/mol. The first-order valence-electron chi connectivity index (χ1n) is 8.16. The van der Waals surface area contributed by atoms with Crippen LogP contribution in [-0.4, -0.2) is 35.3 Å². The van der Waals surface area contributed by atoms with Gasteiger partial charge in [0.15, 0.2) is 0 Å². The lowest BCUT2D eigenvalue weighted by Gasteiger charge is -2.06. The number of methoxy groups -OCH3 is 1. The molecule has 1 amide bonds. The van der Waals surface area contributed by atoms with Gasteiger partial charge in [0.05, 0.1) is 18.4 Å². The first-order valence-corrected chi connectivity index (χ1v) is 8.16. The summed E-state index contributed by atoms with van der Waals surface area (Å²) in [7, 11) is 1.28. The molecule has 0 aliphatic rings. The molecule has 0 radical (unpaired) electrons. The number of carbonyl (C=O) groups is 2. The van der Waals surface area contributed by atoms with Crippen LogP contribution >= 0.6 is 0 Å². The summed E-state index contributed by atoms with van der Waals surface area (Å²) < 4.78 is 6.23. The number of aryl methyl sites for hydroxylation is 1. The number of rotatable bonds is 5. The van der Waals surface area contributed by atoms with Gasteiger partial charge in [0.25, 0.3) is 5.91 Å². The number of aromatic nitrogens is 2. The van der Waals surface area contributed by atoms with Gasteiger partial charge in [-0.15, -0.1) is 0 Å². The molecule has 0 aliphatic carbocycles. The second kappa shape index (κ2) is 7.65. The fourth-order valence-corrected chi connectivity index (χ4v) is 2.61. The number of amides is 1. The molecule has 26 heavy (non-hydrogen) atoms. The van der Waals surface area contributed by atoms with Gasteiger partial charge in [0.2, 0.25) is 0 Å². The number of esters is 1. The number of hydrogen-bond donors (Lipinski definition) is 1. The van der Waals surface area contributed by atoms with E-state index >= 15 is 0 Å². The van der Waals surface area contributed by atoms with Crippen molar-refractivity contribution in [1.82, 2.24) is 15.1 Å². The van der Waals surface area contributed by atoms with Crippen LogP contribution < -0.4 is 5.32 Å². The minimum atomic E-state index is -0.508. The Morgan fingerprint density at radius 3 is 2.46 bits per heavy atom. The molecule has 1 aromatic heterocycles. The maximum Gasteiger partial charge on any atom is 0.325 e. The van der Waals surface area contributed by atoms with Crippen LogP contribution in [0.4, 0.5) is 0 Å². The zero-order valence-electron chi connectivity index (χ0n) is 14.6. The van der Waals surface area contributed by atoms with E-state index in [1.54, 1.807) is 10.9 Å². The normalized spacial score (nSPS) is 10.4. The predicted molar refractivity (Wildman–Crippen MR) is 98.1 cm³/mol. The first-order chi connectivity index (χ1) is 12.6. The van der Waals surface area contributed by atoms with E-state index in [0.29, 0.717) is 11.3 Å². The average Bonchev–Trinajstić information content (AvgIpc) is 3.12. The number of ether oxygens (including phenoxy) is 1. The number of nitrogens with one attached hydrogen (secondary N) is 1. The molecule has 0 saturated carbocycles. The van der Waals surface area contributed by atoms with Crippen LogP contribution in [0.2, 0.25) is 0 Å². The number of nitrogens with zero attached hydrogens (tertiary/aromatic N) is 2. The smallest absolute Gasteiger partial charge is 0.325 e. The van der Waals surface area contributed by atoms with Crippen LogP contribution in [0.3, 0.4) is 0 Å². The maximum absolute atomic E-state index is 12.6. The van der Waals surface area contributed by atoms with Crippen molar-refractivity contribution in [2.45, 2.75) is 6.92 Å². The molecule has 1 N–H and O–H groups in total. The SMILES string of the molecule is COC(=O)CNC(=O)c1cn(-c2ccccc2)nc1-c1ccccc1C. The zero-order valence-corrected chi connectivity index (χ0v) is 14.6.